The van der Waals surface area contributed by atoms with Crippen LogP contribution >= 0.6 is 11.3 Å². The van der Waals surface area contributed by atoms with E-state index in [0.717, 1.165) is 47.6 Å². The molecule has 1 aliphatic carbocycles. The first-order chi connectivity index (χ1) is 11.7. The fourth-order valence-corrected chi connectivity index (χ4v) is 3.94. The van der Waals surface area contributed by atoms with Crippen molar-refractivity contribution in [3.05, 3.63) is 35.3 Å². The van der Waals surface area contributed by atoms with Crippen molar-refractivity contribution in [1.82, 2.24) is 10.3 Å². The minimum absolute atomic E-state index is 0.0568. The number of hydrogen-bond acceptors (Lipinski definition) is 4. The highest BCUT2D eigenvalue weighted by atomic mass is 32.1. The number of hydrogen-bond donors (Lipinski definition) is 3. The molecule has 3 N–H and O–H groups in total. The average Bonchev–Trinajstić information content (AvgIpc) is 3.02. The Morgan fingerprint density at radius 3 is 2.71 bits per heavy atom. The Bertz CT molecular complexity index is 684. The molecule has 5 nitrogen and oxygen atoms in total. The number of aromatic nitrogens is 1. The molecule has 0 bridgehead atoms. The monoisotopic (exact) mass is 345 g/mol. The summed E-state index contributed by atoms with van der Waals surface area (Å²) in [5, 5.41) is 18.3. The largest absolute Gasteiger partial charge is 0.396 e. The predicted molar refractivity (Wildman–Crippen MR) is 97.3 cm³/mol. The summed E-state index contributed by atoms with van der Waals surface area (Å²) in [6, 6.07) is 7.54. The lowest BCUT2D eigenvalue weighted by Gasteiger charge is -2.30. The van der Waals surface area contributed by atoms with Crippen molar-refractivity contribution in [3.63, 3.8) is 0 Å². The topological polar surface area (TPSA) is 74.2 Å². The zero-order valence-electron chi connectivity index (χ0n) is 13.8. The van der Waals surface area contributed by atoms with Gasteiger partial charge in [0.15, 0.2) is 0 Å². The van der Waals surface area contributed by atoms with Gasteiger partial charge in [-0.3, -0.25) is 0 Å². The van der Waals surface area contributed by atoms with Crippen LogP contribution in [-0.2, 0) is 0 Å². The Balaban J connectivity index is 1.58. The Hall–Kier alpha value is -1.92. The van der Waals surface area contributed by atoms with Crippen molar-refractivity contribution in [2.45, 2.75) is 38.6 Å². The van der Waals surface area contributed by atoms with Gasteiger partial charge in [0, 0.05) is 40.9 Å². The van der Waals surface area contributed by atoms with Crippen LogP contribution in [0.25, 0.3) is 10.6 Å². The molecular formula is C18H23N3O2S. The van der Waals surface area contributed by atoms with E-state index in [1.54, 1.807) is 11.3 Å². The first-order valence-corrected chi connectivity index (χ1v) is 9.24. The normalized spacial score (nSPS) is 20.6. The molecule has 2 amide bonds. The molecule has 2 aromatic rings. The molecule has 0 radical (unpaired) electrons. The van der Waals surface area contributed by atoms with Gasteiger partial charge < -0.3 is 15.7 Å². The quantitative estimate of drug-likeness (QED) is 0.789. The Morgan fingerprint density at radius 1 is 1.29 bits per heavy atom. The molecule has 2 unspecified atom stereocenters. The van der Waals surface area contributed by atoms with Crippen molar-refractivity contribution in [1.29, 1.82) is 0 Å². The Morgan fingerprint density at radius 2 is 2.04 bits per heavy atom. The van der Waals surface area contributed by atoms with Crippen LogP contribution in [0.4, 0.5) is 10.5 Å². The molecule has 1 aliphatic rings. The number of urea groups is 1. The lowest BCUT2D eigenvalue weighted by molar-refractivity contribution is 0.156. The highest BCUT2D eigenvalue weighted by Crippen LogP contribution is 2.26. The number of aliphatic hydroxyl groups is 1. The maximum atomic E-state index is 12.2. The van der Waals surface area contributed by atoms with Gasteiger partial charge in [-0.05, 0) is 44.0 Å². The second kappa shape index (κ2) is 7.77. The summed E-state index contributed by atoms with van der Waals surface area (Å²) in [4.78, 5) is 16.6. The van der Waals surface area contributed by atoms with Crippen LogP contribution in [0.2, 0.25) is 0 Å². The summed E-state index contributed by atoms with van der Waals surface area (Å²) in [5.41, 5.74) is 2.81. The number of benzene rings is 1. The third-order valence-corrected chi connectivity index (χ3v) is 5.48. The highest BCUT2D eigenvalue weighted by molar-refractivity contribution is 7.13. The van der Waals surface area contributed by atoms with Gasteiger partial charge in [-0.1, -0.05) is 12.8 Å². The molecule has 1 aromatic carbocycles. The molecule has 24 heavy (non-hydrogen) atoms. The number of anilines is 1. The average molecular weight is 345 g/mol. The van der Waals surface area contributed by atoms with Gasteiger partial charge >= 0.3 is 6.03 Å². The van der Waals surface area contributed by atoms with Gasteiger partial charge in [-0.15, -0.1) is 11.3 Å². The van der Waals surface area contributed by atoms with Gasteiger partial charge in [-0.25, -0.2) is 9.78 Å². The maximum absolute atomic E-state index is 12.2. The van der Waals surface area contributed by atoms with Crippen molar-refractivity contribution in [3.8, 4) is 10.6 Å². The molecule has 1 fully saturated rings. The predicted octanol–water partition coefficient (Wildman–Crippen LogP) is 3.79. The minimum atomic E-state index is -0.210. The number of carbonyl (C=O) groups excluding carboxylic acids is 1. The van der Waals surface area contributed by atoms with E-state index in [9.17, 15) is 9.90 Å². The van der Waals surface area contributed by atoms with E-state index in [-0.39, 0.29) is 24.6 Å². The van der Waals surface area contributed by atoms with Crippen LogP contribution in [0.1, 0.15) is 31.4 Å². The molecule has 6 heteroatoms. The van der Waals surface area contributed by atoms with E-state index in [0.29, 0.717) is 0 Å². The number of carbonyl (C=O) groups is 1. The van der Waals surface area contributed by atoms with Crippen molar-refractivity contribution < 1.29 is 9.90 Å². The zero-order chi connectivity index (χ0) is 16.9. The van der Waals surface area contributed by atoms with Gasteiger partial charge in [-0.2, -0.15) is 0 Å². The first-order valence-electron chi connectivity index (χ1n) is 8.36. The zero-order valence-corrected chi connectivity index (χ0v) is 14.6. The second-order valence-corrected chi connectivity index (χ2v) is 7.16. The van der Waals surface area contributed by atoms with Crippen LogP contribution in [0.3, 0.4) is 0 Å². The van der Waals surface area contributed by atoms with Crippen LogP contribution in [0.5, 0.6) is 0 Å². The number of thiazole rings is 1. The highest BCUT2D eigenvalue weighted by Gasteiger charge is 2.25. The van der Waals surface area contributed by atoms with Gasteiger partial charge in [0.25, 0.3) is 0 Å². The number of aliphatic hydroxyl groups excluding tert-OH is 1. The van der Waals surface area contributed by atoms with Crippen LogP contribution < -0.4 is 10.6 Å². The standard InChI is InChI=1S/C18H23N3O2S/c1-12-11-24-17(19-12)13-6-8-15(9-7-13)20-18(23)21-16-5-3-2-4-14(16)10-22/h6-9,11,14,16,22H,2-5,10H2,1H3,(H2,20,21,23). The smallest absolute Gasteiger partial charge is 0.319 e. The fourth-order valence-electron chi connectivity index (χ4n) is 3.13. The summed E-state index contributed by atoms with van der Waals surface area (Å²) in [5.74, 6) is 0.167. The molecule has 0 spiro atoms. The molecule has 0 saturated heterocycles. The van der Waals surface area contributed by atoms with E-state index in [1.807, 2.05) is 36.6 Å². The van der Waals surface area contributed by atoms with Crippen molar-refractivity contribution >= 4 is 23.1 Å². The third-order valence-electron chi connectivity index (χ3n) is 4.47. The van der Waals surface area contributed by atoms with E-state index < -0.39 is 0 Å². The van der Waals surface area contributed by atoms with E-state index in [1.165, 1.54) is 0 Å². The maximum Gasteiger partial charge on any atom is 0.319 e. The van der Waals surface area contributed by atoms with E-state index >= 15 is 0 Å². The number of aryl methyl sites for hydroxylation is 1. The number of nitrogens with zero attached hydrogens (tertiary/aromatic N) is 1. The number of amides is 2. The SMILES string of the molecule is Cc1csc(-c2ccc(NC(=O)NC3CCCCC3CO)cc2)n1. The molecule has 1 heterocycles. The third kappa shape index (κ3) is 4.13. The van der Waals surface area contributed by atoms with E-state index in [2.05, 4.69) is 15.6 Å². The second-order valence-electron chi connectivity index (χ2n) is 6.30. The molecule has 128 valence electrons. The minimum Gasteiger partial charge on any atom is -0.396 e. The summed E-state index contributed by atoms with van der Waals surface area (Å²) in [7, 11) is 0. The molecular weight excluding hydrogens is 322 g/mol. The molecule has 2 atom stereocenters. The fraction of sp³-hybridized carbons (Fsp3) is 0.444. The Labute approximate surface area is 146 Å². The molecule has 1 aromatic heterocycles. The van der Waals surface area contributed by atoms with Crippen molar-refractivity contribution in [2.24, 2.45) is 5.92 Å². The summed E-state index contributed by atoms with van der Waals surface area (Å²) in [6.07, 6.45) is 4.14. The van der Waals surface area contributed by atoms with Crippen LogP contribution in [0.15, 0.2) is 29.6 Å². The number of rotatable bonds is 4. The summed E-state index contributed by atoms with van der Waals surface area (Å²) in [6.45, 7) is 2.11. The molecule has 3 rings (SSSR count). The summed E-state index contributed by atoms with van der Waals surface area (Å²) >= 11 is 1.61. The lowest BCUT2D eigenvalue weighted by atomic mass is 9.85. The lowest BCUT2D eigenvalue weighted by Crippen LogP contribution is -2.45. The molecule has 0 aliphatic heterocycles. The van der Waals surface area contributed by atoms with Gasteiger partial charge in [0.2, 0.25) is 0 Å². The van der Waals surface area contributed by atoms with E-state index in [4.69, 9.17) is 0 Å². The van der Waals surface area contributed by atoms with Crippen LogP contribution in [0, 0.1) is 12.8 Å². The van der Waals surface area contributed by atoms with Crippen molar-refractivity contribution in [2.75, 3.05) is 11.9 Å². The Kier molecular flexibility index (Phi) is 5.48. The first kappa shape index (κ1) is 16.9. The van der Waals surface area contributed by atoms with Gasteiger partial charge in [0.05, 0.1) is 0 Å². The number of nitrogens with one attached hydrogen (secondary N) is 2. The molecule has 1 saturated carbocycles. The summed E-state index contributed by atoms with van der Waals surface area (Å²) < 4.78 is 0. The van der Waals surface area contributed by atoms with Crippen LogP contribution in [-0.4, -0.2) is 28.8 Å². The van der Waals surface area contributed by atoms with Gasteiger partial charge in [0.1, 0.15) is 5.01 Å².